The van der Waals surface area contributed by atoms with Crippen molar-refractivity contribution in [2.75, 3.05) is 39.3 Å². The Labute approximate surface area is 158 Å². The quantitative estimate of drug-likeness (QED) is 0.583. The lowest BCUT2D eigenvalue weighted by molar-refractivity contribution is 0.0820. The normalized spacial score (nSPS) is 23.3. The molecule has 0 saturated carbocycles. The minimum Gasteiger partial charge on any atom is -0.303 e. The molecule has 2 fully saturated rings. The molecule has 25 heavy (non-hydrogen) atoms. The van der Waals surface area contributed by atoms with Crippen molar-refractivity contribution in [1.29, 1.82) is 0 Å². The molecule has 0 atom stereocenters. The third-order valence-electron chi connectivity index (χ3n) is 7.07. The third-order valence-corrected chi connectivity index (χ3v) is 7.07. The van der Waals surface area contributed by atoms with Gasteiger partial charge in [-0.05, 0) is 93.9 Å². The van der Waals surface area contributed by atoms with Gasteiger partial charge in [0.2, 0.25) is 0 Å². The lowest BCUT2D eigenvalue weighted by Gasteiger charge is -2.41. The van der Waals surface area contributed by atoms with E-state index < -0.39 is 0 Å². The highest BCUT2D eigenvalue weighted by molar-refractivity contribution is 4.83. The molecule has 0 unspecified atom stereocenters. The number of piperidine rings is 2. The molecule has 0 amide bonds. The van der Waals surface area contributed by atoms with Gasteiger partial charge in [0.15, 0.2) is 0 Å². The first-order chi connectivity index (χ1) is 11.7. The van der Waals surface area contributed by atoms with E-state index in [0.29, 0.717) is 10.8 Å². The summed E-state index contributed by atoms with van der Waals surface area (Å²) in [5.41, 5.74) is 1.03. The maximum Gasteiger partial charge on any atom is 0.00106 e. The zero-order valence-electron chi connectivity index (χ0n) is 18.2. The highest BCUT2D eigenvalue weighted by atomic mass is 15.2. The summed E-state index contributed by atoms with van der Waals surface area (Å²) in [6, 6.07) is 0. The van der Waals surface area contributed by atoms with Gasteiger partial charge in [-0.1, -0.05) is 48.0 Å². The van der Waals surface area contributed by atoms with Crippen LogP contribution in [0.2, 0.25) is 0 Å². The van der Waals surface area contributed by atoms with Gasteiger partial charge in [0.25, 0.3) is 0 Å². The number of nitrogens with zero attached hydrogens (tertiary/aromatic N) is 2. The predicted octanol–water partition coefficient (Wildman–Crippen LogP) is 5.67. The van der Waals surface area contributed by atoms with E-state index in [9.17, 15) is 0 Å². The Morgan fingerprint density at radius 1 is 0.760 bits per heavy atom. The van der Waals surface area contributed by atoms with Crippen LogP contribution >= 0.6 is 0 Å². The molecule has 2 heteroatoms. The molecule has 0 aromatic carbocycles. The molecule has 0 aromatic rings. The first-order valence-electron chi connectivity index (χ1n) is 11.1. The molecule has 0 spiro atoms. The third kappa shape index (κ3) is 7.21. The van der Waals surface area contributed by atoms with Crippen LogP contribution in [0, 0.1) is 22.7 Å². The minimum absolute atomic E-state index is 0.503. The van der Waals surface area contributed by atoms with E-state index >= 15 is 0 Å². The summed E-state index contributed by atoms with van der Waals surface area (Å²) in [6.45, 7) is 22.5. The van der Waals surface area contributed by atoms with Crippen LogP contribution in [0.5, 0.6) is 0 Å². The number of hydrogen-bond donors (Lipinski definition) is 0. The minimum atomic E-state index is 0.503. The van der Waals surface area contributed by atoms with E-state index in [-0.39, 0.29) is 0 Å². The Bertz CT molecular complexity index is 366. The Morgan fingerprint density at radius 2 is 1.32 bits per heavy atom. The second kappa shape index (κ2) is 9.22. The van der Waals surface area contributed by atoms with Crippen LogP contribution in [0.4, 0.5) is 0 Å². The summed E-state index contributed by atoms with van der Waals surface area (Å²) in [5, 5.41) is 0. The van der Waals surface area contributed by atoms with Crippen molar-refractivity contribution >= 4 is 0 Å². The Morgan fingerprint density at radius 3 is 1.84 bits per heavy atom. The molecule has 0 aliphatic carbocycles. The molecule has 0 aromatic heterocycles. The lowest BCUT2D eigenvalue weighted by atomic mass is 9.75. The van der Waals surface area contributed by atoms with Crippen molar-refractivity contribution in [1.82, 2.24) is 9.80 Å². The van der Waals surface area contributed by atoms with E-state index in [2.05, 4.69) is 51.3 Å². The fraction of sp³-hybridized carbons (Fsp3) is 1.00. The topological polar surface area (TPSA) is 6.48 Å². The summed E-state index contributed by atoms with van der Waals surface area (Å²) < 4.78 is 0. The number of rotatable bonds is 7. The van der Waals surface area contributed by atoms with Crippen molar-refractivity contribution in [3.8, 4) is 0 Å². The highest BCUT2D eigenvalue weighted by Gasteiger charge is 2.30. The number of hydrogen-bond acceptors (Lipinski definition) is 2. The van der Waals surface area contributed by atoms with Gasteiger partial charge >= 0.3 is 0 Å². The van der Waals surface area contributed by atoms with Crippen molar-refractivity contribution in [3.05, 3.63) is 0 Å². The Kier molecular flexibility index (Phi) is 7.83. The molecule has 2 saturated heterocycles. The summed E-state index contributed by atoms with van der Waals surface area (Å²) in [7, 11) is 0. The predicted molar refractivity (Wildman–Crippen MR) is 111 cm³/mol. The van der Waals surface area contributed by atoms with E-state index in [4.69, 9.17) is 0 Å². The molecule has 0 radical (unpaired) electrons. The monoisotopic (exact) mass is 350 g/mol. The smallest absolute Gasteiger partial charge is 0.00106 e. The van der Waals surface area contributed by atoms with Gasteiger partial charge in [-0.25, -0.2) is 0 Å². The SMILES string of the molecule is CCCC(C)(C)CCN1CCC(CN2CCC(C(C)(C)C)CC2)CC1. The van der Waals surface area contributed by atoms with Crippen LogP contribution in [0.3, 0.4) is 0 Å². The van der Waals surface area contributed by atoms with E-state index in [1.165, 1.54) is 84.2 Å². The van der Waals surface area contributed by atoms with Gasteiger partial charge < -0.3 is 9.80 Å². The summed E-state index contributed by atoms with van der Waals surface area (Å²) in [4.78, 5) is 5.51. The maximum atomic E-state index is 2.77. The van der Waals surface area contributed by atoms with Gasteiger partial charge in [-0.3, -0.25) is 0 Å². The van der Waals surface area contributed by atoms with Crippen LogP contribution in [-0.2, 0) is 0 Å². The van der Waals surface area contributed by atoms with Crippen LogP contribution in [0.1, 0.15) is 86.5 Å². The second-order valence-corrected chi connectivity index (χ2v) is 10.9. The lowest BCUT2D eigenvalue weighted by Crippen LogP contribution is -2.43. The van der Waals surface area contributed by atoms with Crippen LogP contribution < -0.4 is 0 Å². The molecule has 2 nitrogen and oxygen atoms in total. The molecular formula is C23H46N2. The molecule has 0 bridgehead atoms. The highest BCUT2D eigenvalue weighted by Crippen LogP contribution is 2.35. The van der Waals surface area contributed by atoms with E-state index in [0.717, 1.165) is 11.8 Å². The summed E-state index contributed by atoms with van der Waals surface area (Å²) in [5.74, 6) is 1.88. The van der Waals surface area contributed by atoms with Gasteiger partial charge in [0, 0.05) is 6.54 Å². The molecule has 2 aliphatic heterocycles. The summed E-state index contributed by atoms with van der Waals surface area (Å²) >= 11 is 0. The Hall–Kier alpha value is -0.0800. The average molecular weight is 351 g/mol. The Balaban J connectivity index is 1.63. The average Bonchev–Trinajstić information content (AvgIpc) is 2.54. The van der Waals surface area contributed by atoms with Crippen LogP contribution in [-0.4, -0.2) is 49.1 Å². The van der Waals surface area contributed by atoms with Gasteiger partial charge in [-0.2, -0.15) is 0 Å². The molecule has 148 valence electrons. The zero-order valence-corrected chi connectivity index (χ0v) is 18.2. The molecule has 0 N–H and O–H groups in total. The first kappa shape index (κ1) is 21.2. The molecule has 2 heterocycles. The van der Waals surface area contributed by atoms with Crippen molar-refractivity contribution in [3.63, 3.8) is 0 Å². The van der Waals surface area contributed by atoms with E-state index in [1.807, 2.05) is 0 Å². The maximum absolute atomic E-state index is 2.77. The summed E-state index contributed by atoms with van der Waals surface area (Å²) in [6.07, 6.45) is 9.73. The largest absolute Gasteiger partial charge is 0.303 e. The first-order valence-corrected chi connectivity index (χ1v) is 11.1. The fourth-order valence-electron chi connectivity index (χ4n) is 5.00. The molecule has 2 rings (SSSR count). The fourth-order valence-corrected chi connectivity index (χ4v) is 5.00. The van der Waals surface area contributed by atoms with Gasteiger partial charge in [-0.15, -0.1) is 0 Å². The van der Waals surface area contributed by atoms with Crippen molar-refractivity contribution in [2.24, 2.45) is 22.7 Å². The van der Waals surface area contributed by atoms with Crippen LogP contribution in [0.15, 0.2) is 0 Å². The van der Waals surface area contributed by atoms with Crippen LogP contribution in [0.25, 0.3) is 0 Å². The van der Waals surface area contributed by atoms with Crippen molar-refractivity contribution in [2.45, 2.75) is 86.5 Å². The van der Waals surface area contributed by atoms with E-state index in [1.54, 1.807) is 0 Å². The zero-order chi connectivity index (χ0) is 18.5. The van der Waals surface area contributed by atoms with Gasteiger partial charge in [0.05, 0.1) is 0 Å². The molecule has 2 aliphatic rings. The standard InChI is InChI=1S/C23H46N2/c1-7-12-23(5,6)13-18-24-14-8-20(9-15-24)19-25-16-10-21(11-17-25)22(2,3)4/h20-21H,7-19H2,1-6H3. The number of likely N-dealkylation sites (tertiary alicyclic amines) is 2. The second-order valence-electron chi connectivity index (χ2n) is 10.9. The molecular weight excluding hydrogens is 304 g/mol. The van der Waals surface area contributed by atoms with Gasteiger partial charge in [0.1, 0.15) is 0 Å². The van der Waals surface area contributed by atoms with Crippen molar-refractivity contribution < 1.29 is 0 Å².